The Morgan fingerprint density at radius 3 is 2.77 bits per heavy atom. The maximum absolute atomic E-state index is 9.44. The number of likely N-dealkylation sites (N-methyl/N-ethyl adjacent to an activating group) is 1. The molecular weight excluding hydrogens is 174 g/mol. The molecule has 1 heterocycles. The normalized spacial score (nSPS) is 40.6. The van der Waals surface area contributed by atoms with Crippen molar-refractivity contribution in [3.05, 3.63) is 0 Å². The molecule has 1 saturated heterocycles. The zero-order valence-corrected chi connectivity index (χ0v) is 7.93. The van der Waals surface area contributed by atoms with Crippen LogP contribution in [0.3, 0.4) is 0 Å². The summed E-state index contributed by atoms with van der Waals surface area (Å²) in [4.78, 5) is 0. The topological polar surface area (TPSA) is 71.0 Å². The molecule has 1 fully saturated rings. The molecule has 0 radical (unpaired) electrons. The average molecular weight is 191 g/mol. The van der Waals surface area contributed by atoms with Gasteiger partial charge in [0.05, 0.1) is 12.2 Å². The van der Waals surface area contributed by atoms with Crippen molar-refractivity contribution in [3.8, 4) is 0 Å². The Bertz CT molecular complexity index is 155. The van der Waals surface area contributed by atoms with Crippen LogP contribution in [-0.2, 0) is 9.47 Å². The molecule has 0 aromatic rings. The summed E-state index contributed by atoms with van der Waals surface area (Å²) in [6.45, 7) is 0.643. The van der Waals surface area contributed by atoms with E-state index in [1.165, 1.54) is 7.11 Å². The van der Waals surface area contributed by atoms with Gasteiger partial charge in [0.15, 0.2) is 6.29 Å². The Hall–Kier alpha value is -0.200. The van der Waals surface area contributed by atoms with Gasteiger partial charge in [0.2, 0.25) is 0 Å². The van der Waals surface area contributed by atoms with Crippen molar-refractivity contribution in [3.63, 3.8) is 0 Å². The van der Waals surface area contributed by atoms with E-state index in [1.807, 2.05) is 7.05 Å². The first-order chi connectivity index (χ1) is 6.19. The lowest BCUT2D eigenvalue weighted by Gasteiger charge is -2.36. The molecule has 78 valence electrons. The van der Waals surface area contributed by atoms with E-state index in [2.05, 4.69) is 5.32 Å². The molecule has 5 nitrogen and oxygen atoms in total. The van der Waals surface area contributed by atoms with Crippen molar-refractivity contribution in [1.29, 1.82) is 0 Å². The summed E-state index contributed by atoms with van der Waals surface area (Å²) in [6, 6.07) is 0. The summed E-state index contributed by atoms with van der Waals surface area (Å²) in [6.07, 6.45) is -2.10. The molecule has 4 unspecified atom stereocenters. The fourth-order valence-corrected chi connectivity index (χ4v) is 1.47. The first-order valence-electron chi connectivity index (χ1n) is 4.38. The highest BCUT2D eigenvalue weighted by atomic mass is 16.7. The van der Waals surface area contributed by atoms with E-state index >= 15 is 0 Å². The quantitative estimate of drug-likeness (QED) is 0.516. The first-order valence-corrected chi connectivity index (χ1v) is 4.38. The van der Waals surface area contributed by atoms with Crippen LogP contribution in [0.4, 0.5) is 0 Å². The zero-order valence-electron chi connectivity index (χ0n) is 7.93. The summed E-state index contributed by atoms with van der Waals surface area (Å²) in [5.74, 6) is 0. The highest BCUT2D eigenvalue weighted by Gasteiger charge is 2.36. The molecule has 0 amide bonds. The maximum atomic E-state index is 9.44. The lowest BCUT2D eigenvalue weighted by atomic mass is 10.0. The summed E-state index contributed by atoms with van der Waals surface area (Å²) >= 11 is 0. The van der Waals surface area contributed by atoms with Crippen LogP contribution in [0.25, 0.3) is 0 Å². The van der Waals surface area contributed by atoms with Gasteiger partial charge in [-0.25, -0.2) is 0 Å². The molecule has 5 heteroatoms. The number of hydrogen-bond acceptors (Lipinski definition) is 5. The molecule has 0 aromatic heterocycles. The van der Waals surface area contributed by atoms with Crippen molar-refractivity contribution in [2.24, 2.45) is 0 Å². The van der Waals surface area contributed by atoms with Gasteiger partial charge in [-0.05, 0) is 7.05 Å². The minimum Gasteiger partial charge on any atom is -0.390 e. The zero-order chi connectivity index (χ0) is 9.84. The summed E-state index contributed by atoms with van der Waals surface area (Å²) < 4.78 is 10.3. The van der Waals surface area contributed by atoms with Crippen LogP contribution in [0.2, 0.25) is 0 Å². The highest BCUT2D eigenvalue weighted by molar-refractivity contribution is 4.81. The standard InChI is InChI=1S/C8H17NO4/c1-9-4-5-3-6(10)7(11)8(12-2)13-5/h5-11H,3-4H2,1-2H3. The number of aliphatic hydroxyl groups is 2. The SMILES string of the molecule is CNCC1CC(O)C(O)C(OC)O1. The second-order valence-electron chi connectivity index (χ2n) is 3.21. The Balaban J connectivity index is 2.47. The second kappa shape index (κ2) is 4.88. The van der Waals surface area contributed by atoms with Crippen LogP contribution >= 0.6 is 0 Å². The Kier molecular flexibility index (Phi) is 4.08. The molecule has 0 bridgehead atoms. The molecule has 1 aliphatic rings. The third-order valence-electron chi connectivity index (χ3n) is 2.17. The van der Waals surface area contributed by atoms with Gasteiger partial charge in [0.1, 0.15) is 6.10 Å². The fourth-order valence-electron chi connectivity index (χ4n) is 1.47. The van der Waals surface area contributed by atoms with Crippen LogP contribution in [0.15, 0.2) is 0 Å². The fraction of sp³-hybridized carbons (Fsp3) is 1.00. The number of rotatable bonds is 3. The highest BCUT2D eigenvalue weighted by Crippen LogP contribution is 2.20. The number of nitrogens with one attached hydrogen (secondary N) is 1. The van der Waals surface area contributed by atoms with Crippen LogP contribution in [0.1, 0.15) is 6.42 Å². The van der Waals surface area contributed by atoms with Gasteiger partial charge < -0.3 is 25.0 Å². The molecule has 1 aliphatic heterocycles. The number of hydrogen-bond donors (Lipinski definition) is 3. The molecule has 1 rings (SSSR count). The number of ether oxygens (including phenoxy) is 2. The Morgan fingerprint density at radius 1 is 1.54 bits per heavy atom. The minimum atomic E-state index is -0.946. The molecule has 13 heavy (non-hydrogen) atoms. The third kappa shape index (κ3) is 2.62. The van der Waals surface area contributed by atoms with Crippen molar-refractivity contribution in [2.45, 2.75) is 31.0 Å². The van der Waals surface area contributed by atoms with Crippen LogP contribution in [-0.4, -0.2) is 55.5 Å². The molecule has 0 saturated carbocycles. The number of methoxy groups -OCH3 is 1. The van der Waals surface area contributed by atoms with Gasteiger partial charge in [0, 0.05) is 20.1 Å². The summed E-state index contributed by atoms with van der Waals surface area (Å²) in [7, 11) is 3.25. The van der Waals surface area contributed by atoms with Gasteiger partial charge in [0.25, 0.3) is 0 Å². The molecule has 0 aliphatic carbocycles. The predicted molar refractivity (Wildman–Crippen MR) is 46.2 cm³/mol. The van der Waals surface area contributed by atoms with Gasteiger partial charge >= 0.3 is 0 Å². The molecular formula is C8H17NO4. The lowest BCUT2D eigenvalue weighted by Crippen LogP contribution is -2.51. The van der Waals surface area contributed by atoms with Crippen molar-refractivity contribution < 1.29 is 19.7 Å². The predicted octanol–water partition coefficient (Wildman–Crippen LogP) is -1.31. The van der Waals surface area contributed by atoms with Gasteiger partial charge in [-0.3, -0.25) is 0 Å². The van der Waals surface area contributed by atoms with Crippen LogP contribution in [0, 0.1) is 0 Å². The van der Waals surface area contributed by atoms with E-state index in [-0.39, 0.29) is 6.10 Å². The Morgan fingerprint density at radius 2 is 2.23 bits per heavy atom. The van der Waals surface area contributed by atoms with Crippen molar-refractivity contribution >= 4 is 0 Å². The smallest absolute Gasteiger partial charge is 0.186 e. The van der Waals surface area contributed by atoms with E-state index in [0.717, 1.165) is 0 Å². The lowest BCUT2D eigenvalue weighted by molar-refractivity contribution is -0.256. The monoisotopic (exact) mass is 191 g/mol. The molecule has 4 atom stereocenters. The molecule has 3 N–H and O–H groups in total. The van der Waals surface area contributed by atoms with E-state index < -0.39 is 18.5 Å². The average Bonchev–Trinajstić information content (AvgIpc) is 2.11. The second-order valence-corrected chi connectivity index (χ2v) is 3.21. The van der Waals surface area contributed by atoms with Crippen LogP contribution < -0.4 is 5.32 Å². The molecule has 0 spiro atoms. The van der Waals surface area contributed by atoms with Gasteiger partial charge in [-0.1, -0.05) is 0 Å². The van der Waals surface area contributed by atoms with E-state index in [4.69, 9.17) is 9.47 Å². The van der Waals surface area contributed by atoms with E-state index in [0.29, 0.717) is 13.0 Å². The summed E-state index contributed by atoms with van der Waals surface area (Å²) in [5.41, 5.74) is 0. The Labute approximate surface area is 77.7 Å². The van der Waals surface area contributed by atoms with E-state index in [9.17, 15) is 10.2 Å². The van der Waals surface area contributed by atoms with Gasteiger partial charge in [-0.2, -0.15) is 0 Å². The largest absolute Gasteiger partial charge is 0.390 e. The van der Waals surface area contributed by atoms with Crippen LogP contribution in [0.5, 0.6) is 0 Å². The van der Waals surface area contributed by atoms with Crippen molar-refractivity contribution in [1.82, 2.24) is 5.32 Å². The minimum absolute atomic E-state index is 0.103. The number of aliphatic hydroxyl groups excluding tert-OH is 2. The maximum Gasteiger partial charge on any atom is 0.186 e. The van der Waals surface area contributed by atoms with Crippen molar-refractivity contribution in [2.75, 3.05) is 20.7 Å². The van der Waals surface area contributed by atoms with Gasteiger partial charge in [-0.15, -0.1) is 0 Å². The third-order valence-corrected chi connectivity index (χ3v) is 2.17. The summed E-state index contributed by atoms with van der Waals surface area (Å²) in [5, 5.41) is 21.8. The molecule has 0 aromatic carbocycles. The first kappa shape index (κ1) is 10.9. The van der Waals surface area contributed by atoms with E-state index in [1.54, 1.807) is 0 Å².